The standard InChI is InChI=1S/C17H18N2O2/c1-12-7-9-13(10-8-12)19-15(11-18)14-5-4-6-16(20-2)17(14)21-3/h4-10,15,19H,1-3H3. The molecule has 0 saturated heterocycles. The van der Waals surface area contributed by atoms with Gasteiger partial charge in [0.05, 0.1) is 20.3 Å². The van der Waals surface area contributed by atoms with E-state index in [0.717, 1.165) is 11.3 Å². The van der Waals surface area contributed by atoms with Gasteiger partial charge in [-0.15, -0.1) is 0 Å². The fraction of sp³-hybridized carbons (Fsp3) is 0.235. The van der Waals surface area contributed by atoms with Gasteiger partial charge in [0, 0.05) is 11.3 Å². The first-order valence-electron chi connectivity index (χ1n) is 6.63. The summed E-state index contributed by atoms with van der Waals surface area (Å²) in [5.41, 5.74) is 2.81. The van der Waals surface area contributed by atoms with E-state index in [9.17, 15) is 5.26 Å². The number of nitriles is 1. The van der Waals surface area contributed by atoms with Gasteiger partial charge >= 0.3 is 0 Å². The number of hydrogen-bond donors (Lipinski definition) is 1. The molecular weight excluding hydrogens is 264 g/mol. The van der Waals surface area contributed by atoms with Crippen LogP contribution in [0.4, 0.5) is 5.69 Å². The Bertz CT molecular complexity index is 645. The maximum atomic E-state index is 9.47. The van der Waals surface area contributed by atoms with Crippen LogP contribution in [-0.4, -0.2) is 14.2 Å². The highest BCUT2D eigenvalue weighted by atomic mass is 16.5. The van der Waals surface area contributed by atoms with Crippen LogP contribution in [0.3, 0.4) is 0 Å². The molecule has 0 aliphatic carbocycles. The van der Waals surface area contributed by atoms with E-state index >= 15 is 0 Å². The molecule has 0 saturated carbocycles. The molecule has 2 aromatic rings. The number of benzene rings is 2. The Balaban J connectivity index is 2.34. The summed E-state index contributed by atoms with van der Waals surface area (Å²) in [6.45, 7) is 2.02. The highest BCUT2D eigenvalue weighted by Crippen LogP contribution is 2.35. The molecule has 1 unspecified atom stereocenters. The first-order valence-corrected chi connectivity index (χ1v) is 6.63. The Morgan fingerprint density at radius 2 is 1.76 bits per heavy atom. The average molecular weight is 282 g/mol. The van der Waals surface area contributed by atoms with Gasteiger partial charge in [0.2, 0.25) is 0 Å². The summed E-state index contributed by atoms with van der Waals surface area (Å²) in [6, 6.07) is 15.2. The van der Waals surface area contributed by atoms with Gasteiger partial charge in [-0.25, -0.2) is 0 Å². The maximum absolute atomic E-state index is 9.47. The minimum absolute atomic E-state index is 0.516. The molecule has 2 aromatic carbocycles. The number of anilines is 1. The molecule has 1 atom stereocenters. The lowest BCUT2D eigenvalue weighted by Crippen LogP contribution is -2.10. The van der Waals surface area contributed by atoms with Crippen molar-refractivity contribution in [2.24, 2.45) is 0 Å². The van der Waals surface area contributed by atoms with Gasteiger partial charge in [0.1, 0.15) is 6.04 Å². The number of methoxy groups -OCH3 is 2. The van der Waals surface area contributed by atoms with Crippen LogP contribution < -0.4 is 14.8 Å². The minimum atomic E-state index is -0.516. The number of para-hydroxylation sites is 1. The summed E-state index contributed by atoms with van der Waals surface area (Å²) in [7, 11) is 3.15. The minimum Gasteiger partial charge on any atom is -0.493 e. The summed E-state index contributed by atoms with van der Waals surface area (Å²) in [6.07, 6.45) is 0. The molecule has 0 aromatic heterocycles. The highest BCUT2D eigenvalue weighted by Gasteiger charge is 2.18. The quantitative estimate of drug-likeness (QED) is 0.908. The summed E-state index contributed by atoms with van der Waals surface area (Å²) in [5, 5.41) is 12.7. The molecule has 4 nitrogen and oxygen atoms in total. The molecule has 21 heavy (non-hydrogen) atoms. The molecule has 0 fully saturated rings. The SMILES string of the molecule is COc1cccc(C(C#N)Nc2ccc(C)cc2)c1OC. The zero-order valence-electron chi connectivity index (χ0n) is 12.4. The third-order valence-electron chi connectivity index (χ3n) is 3.24. The molecule has 1 N–H and O–H groups in total. The van der Waals surface area contributed by atoms with Crippen LogP contribution in [0, 0.1) is 18.3 Å². The number of aryl methyl sites for hydroxylation is 1. The second kappa shape index (κ2) is 6.67. The van der Waals surface area contributed by atoms with Crippen LogP contribution in [0.2, 0.25) is 0 Å². The maximum Gasteiger partial charge on any atom is 0.167 e. The Morgan fingerprint density at radius 1 is 1.05 bits per heavy atom. The lowest BCUT2D eigenvalue weighted by molar-refractivity contribution is 0.351. The summed E-state index contributed by atoms with van der Waals surface area (Å²) in [4.78, 5) is 0. The Labute approximate surface area is 124 Å². The molecular formula is C17H18N2O2. The number of rotatable bonds is 5. The van der Waals surface area contributed by atoms with E-state index < -0.39 is 6.04 Å². The van der Waals surface area contributed by atoms with Gasteiger partial charge in [-0.2, -0.15) is 5.26 Å². The van der Waals surface area contributed by atoms with Crippen LogP contribution in [-0.2, 0) is 0 Å². The van der Waals surface area contributed by atoms with Gasteiger partial charge in [-0.1, -0.05) is 29.8 Å². The van der Waals surface area contributed by atoms with Crippen molar-refractivity contribution in [3.05, 3.63) is 53.6 Å². The number of nitrogens with one attached hydrogen (secondary N) is 1. The van der Waals surface area contributed by atoms with E-state index in [1.807, 2.05) is 49.4 Å². The second-order valence-corrected chi connectivity index (χ2v) is 4.66. The first-order chi connectivity index (χ1) is 10.2. The third kappa shape index (κ3) is 3.26. The van der Waals surface area contributed by atoms with Crippen molar-refractivity contribution in [1.82, 2.24) is 0 Å². The molecule has 0 aliphatic rings. The molecule has 0 heterocycles. The molecule has 0 aliphatic heterocycles. The average Bonchev–Trinajstić information content (AvgIpc) is 2.53. The first kappa shape index (κ1) is 14.7. The van der Waals surface area contributed by atoms with E-state index in [2.05, 4.69) is 11.4 Å². The summed E-state index contributed by atoms with van der Waals surface area (Å²) >= 11 is 0. The second-order valence-electron chi connectivity index (χ2n) is 4.66. The van der Waals surface area contributed by atoms with E-state index in [1.165, 1.54) is 5.56 Å². The Hall–Kier alpha value is -2.67. The molecule has 0 spiro atoms. The van der Waals surface area contributed by atoms with Gasteiger partial charge in [0.25, 0.3) is 0 Å². The predicted octanol–water partition coefficient (Wildman–Crippen LogP) is 3.69. The molecule has 4 heteroatoms. The fourth-order valence-corrected chi connectivity index (χ4v) is 2.14. The van der Waals surface area contributed by atoms with Crippen LogP contribution in [0.1, 0.15) is 17.2 Å². The monoisotopic (exact) mass is 282 g/mol. The highest BCUT2D eigenvalue weighted by molar-refractivity contribution is 5.54. The summed E-state index contributed by atoms with van der Waals surface area (Å²) < 4.78 is 10.7. The Morgan fingerprint density at radius 3 is 2.33 bits per heavy atom. The topological polar surface area (TPSA) is 54.3 Å². The molecule has 0 amide bonds. The number of ether oxygens (including phenoxy) is 2. The molecule has 0 bridgehead atoms. The molecule has 2 rings (SSSR count). The number of hydrogen-bond acceptors (Lipinski definition) is 4. The zero-order chi connectivity index (χ0) is 15.2. The molecule has 0 radical (unpaired) electrons. The van der Waals surface area contributed by atoms with Crippen molar-refractivity contribution in [1.29, 1.82) is 5.26 Å². The van der Waals surface area contributed by atoms with Crippen molar-refractivity contribution < 1.29 is 9.47 Å². The van der Waals surface area contributed by atoms with Gasteiger partial charge in [0.15, 0.2) is 11.5 Å². The molecule has 108 valence electrons. The Kier molecular flexibility index (Phi) is 4.68. The van der Waals surface area contributed by atoms with E-state index in [0.29, 0.717) is 11.5 Å². The van der Waals surface area contributed by atoms with Gasteiger partial charge in [-0.05, 0) is 25.1 Å². The third-order valence-corrected chi connectivity index (χ3v) is 3.24. The van der Waals surface area contributed by atoms with Crippen molar-refractivity contribution in [2.75, 3.05) is 19.5 Å². The lowest BCUT2D eigenvalue weighted by Gasteiger charge is -2.18. The van der Waals surface area contributed by atoms with Gasteiger partial charge in [-0.3, -0.25) is 0 Å². The zero-order valence-corrected chi connectivity index (χ0v) is 12.4. The predicted molar refractivity (Wildman–Crippen MR) is 82.7 cm³/mol. The fourth-order valence-electron chi connectivity index (χ4n) is 2.14. The van der Waals surface area contributed by atoms with Crippen molar-refractivity contribution in [3.63, 3.8) is 0 Å². The van der Waals surface area contributed by atoms with Gasteiger partial charge < -0.3 is 14.8 Å². The lowest BCUT2D eigenvalue weighted by atomic mass is 10.1. The van der Waals surface area contributed by atoms with Crippen LogP contribution in [0.25, 0.3) is 0 Å². The normalized spacial score (nSPS) is 11.3. The van der Waals surface area contributed by atoms with Crippen LogP contribution >= 0.6 is 0 Å². The van der Waals surface area contributed by atoms with E-state index in [-0.39, 0.29) is 0 Å². The summed E-state index contributed by atoms with van der Waals surface area (Å²) in [5.74, 6) is 1.19. The van der Waals surface area contributed by atoms with E-state index in [4.69, 9.17) is 9.47 Å². The van der Waals surface area contributed by atoms with Crippen molar-refractivity contribution in [2.45, 2.75) is 13.0 Å². The smallest absolute Gasteiger partial charge is 0.167 e. The van der Waals surface area contributed by atoms with Crippen LogP contribution in [0.15, 0.2) is 42.5 Å². The van der Waals surface area contributed by atoms with Crippen molar-refractivity contribution >= 4 is 5.69 Å². The number of nitrogens with zero attached hydrogens (tertiary/aromatic N) is 1. The van der Waals surface area contributed by atoms with Crippen LogP contribution in [0.5, 0.6) is 11.5 Å². The van der Waals surface area contributed by atoms with E-state index in [1.54, 1.807) is 14.2 Å². The largest absolute Gasteiger partial charge is 0.493 e. The van der Waals surface area contributed by atoms with Crippen molar-refractivity contribution in [3.8, 4) is 17.6 Å².